The van der Waals surface area contributed by atoms with Crippen LogP contribution in [0.25, 0.3) is 33.4 Å². The summed E-state index contributed by atoms with van der Waals surface area (Å²) in [6.45, 7) is 4.22. The lowest BCUT2D eigenvalue weighted by atomic mass is 10.0. The topological polar surface area (TPSA) is 49.9 Å². The molecule has 86 heavy (non-hydrogen) atoms. The van der Waals surface area contributed by atoms with E-state index >= 15 is 0 Å². The van der Waals surface area contributed by atoms with E-state index in [0.29, 0.717) is 0 Å². The summed E-state index contributed by atoms with van der Waals surface area (Å²) in [5, 5.41) is 0. The number of anilines is 12. The number of hydrogen-bond donors (Lipinski definition) is 0. The molecule has 12 rings (SSSR count). The lowest BCUT2D eigenvalue weighted by molar-refractivity contribution is 0.414. The Hall–Kier alpha value is -11.0. The molecule has 0 saturated carbocycles. The molecule has 0 amide bonds. The van der Waals surface area contributed by atoms with Crippen molar-refractivity contribution < 1.29 is 18.9 Å². The van der Waals surface area contributed by atoms with Crippen LogP contribution in [-0.4, -0.2) is 28.4 Å². The van der Waals surface area contributed by atoms with E-state index in [1.807, 2.05) is 48.5 Å². The van der Waals surface area contributed by atoms with E-state index in [2.05, 4.69) is 276 Å². The molecule has 0 aliphatic carbocycles. The lowest BCUT2D eigenvalue weighted by Gasteiger charge is -2.27. The van der Waals surface area contributed by atoms with Crippen LogP contribution in [0.15, 0.2) is 291 Å². The Kier molecular flexibility index (Phi) is 16.3. The van der Waals surface area contributed by atoms with E-state index in [9.17, 15) is 0 Å². The number of methoxy groups -OCH3 is 4. The molecule has 0 N–H and O–H groups in total. The van der Waals surface area contributed by atoms with Crippen molar-refractivity contribution >= 4 is 68.2 Å². The van der Waals surface area contributed by atoms with Gasteiger partial charge in [0.15, 0.2) is 0 Å². The minimum absolute atomic E-state index is 0.802. The van der Waals surface area contributed by atoms with Gasteiger partial charge in [-0.05, 0) is 241 Å². The minimum atomic E-state index is 0.802. The molecule has 8 heteroatoms. The minimum Gasteiger partial charge on any atom is -0.497 e. The third-order valence-electron chi connectivity index (χ3n) is 15.7. The Labute approximate surface area is 505 Å². The zero-order valence-electron chi connectivity index (χ0n) is 49.1. The molecule has 0 fully saturated rings. The Bertz CT molecular complexity index is 3860. The Morgan fingerprint density at radius 1 is 0.163 bits per heavy atom. The molecule has 8 nitrogen and oxygen atoms in total. The summed E-state index contributed by atoms with van der Waals surface area (Å²) in [6.07, 6.45) is 0. The first-order valence-corrected chi connectivity index (χ1v) is 28.7. The maximum absolute atomic E-state index is 5.58. The van der Waals surface area contributed by atoms with Gasteiger partial charge in [-0.25, -0.2) is 0 Å². The van der Waals surface area contributed by atoms with Crippen LogP contribution < -0.4 is 38.5 Å². The summed E-state index contributed by atoms with van der Waals surface area (Å²) in [6, 6.07) is 103. The summed E-state index contributed by atoms with van der Waals surface area (Å²) in [5.41, 5.74) is 21.7. The Morgan fingerprint density at radius 2 is 0.279 bits per heavy atom. The van der Waals surface area contributed by atoms with E-state index in [4.69, 9.17) is 18.9 Å². The molecular formula is C78H66N4O4. The molecule has 0 aliphatic rings. The van der Waals surface area contributed by atoms with Gasteiger partial charge < -0.3 is 38.5 Å². The summed E-state index contributed by atoms with van der Waals surface area (Å²) < 4.78 is 22.1. The van der Waals surface area contributed by atoms with Crippen LogP contribution in [0.3, 0.4) is 0 Å². The molecule has 0 unspecified atom stereocenters. The van der Waals surface area contributed by atoms with Crippen LogP contribution in [0.2, 0.25) is 0 Å². The smallest absolute Gasteiger partial charge is 0.119 e. The molecule has 12 aromatic rings. The predicted octanol–water partition coefficient (Wildman–Crippen LogP) is 21.2. The second-order valence-electron chi connectivity index (χ2n) is 21.1. The van der Waals surface area contributed by atoms with Crippen LogP contribution in [-0.2, 0) is 0 Å². The van der Waals surface area contributed by atoms with Gasteiger partial charge in [-0.15, -0.1) is 0 Å². The number of benzene rings is 12. The van der Waals surface area contributed by atoms with Crippen LogP contribution in [0.5, 0.6) is 23.0 Å². The molecule has 0 spiro atoms. The molecular weight excluding hydrogens is 1060 g/mol. The van der Waals surface area contributed by atoms with Crippen LogP contribution in [0.1, 0.15) is 11.1 Å². The Morgan fingerprint density at radius 3 is 0.407 bits per heavy atom. The first-order chi connectivity index (χ1) is 42.2. The molecule has 0 bridgehead atoms. The predicted molar refractivity (Wildman–Crippen MR) is 357 cm³/mol. The molecule has 0 atom stereocenters. The highest BCUT2D eigenvalue weighted by Crippen LogP contribution is 2.43. The van der Waals surface area contributed by atoms with Gasteiger partial charge in [0, 0.05) is 68.2 Å². The van der Waals surface area contributed by atoms with Gasteiger partial charge >= 0.3 is 0 Å². The maximum Gasteiger partial charge on any atom is 0.119 e. The van der Waals surface area contributed by atoms with Gasteiger partial charge in [-0.1, -0.05) is 108 Å². The summed E-state index contributed by atoms with van der Waals surface area (Å²) in [4.78, 5) is 9.10. The Balaban J connectivity index is 0.790. The molecule has 0 radical (unpaired) electrons. The van der Waals surface area contributed by atoms with Gasteiger partial charge in [-0.2, -0.15) is 0 Å². The summed E-state index contributed by atoms with van der Waals surface area (Å²) in [7, 11) is 6.78. The first-order valence-electron chi connectivity index (χ1n) is 28.7. The monoisotopic (exact) mass is 1120 g/mol. The van der Waals surface area contributed by atoms with Crippen LogP contribution in [0.4, 0.5) is 68.2 Å². The second-order valence-corrected chi connectivity index (χ2v) is 21.1. The highest BCUT2D eigenvalue weighted by Gasteiger charge is 2.19. The van der Waals surface area contributed by atoms with Crippen molar-refractivity contribution in [3.05, 3.63) is 302 Å². The van der Waals surface area contributed by atoms with Crippen molar-refractivity contribution in [3.63, 3.8) is 0 Å². The second kappa shape index (κ2) is 25.3. The highest BCUT2D eigenvalue weighted by atomic mass is 16.5. The van der Waals surface area contributed by atoms with Crippen LogP contribution in [0, 0.1) is 13.8 Å². The number of hydrogen-bond acceptors (Lipinski definition) is 8. The van der Waals surface area contributed by atoms with Crippen molar-refractivity contribution in [3.8, 4) is 56.4 Å². The van der Waals surface area contributed by atoms with Gasteiger partial charge in [0.1, 0.15) is 23.0 Å². The highest BCUT2D eigenvalue weighted by molar-refractivity contribution is 5.85. The zero-order chi connectivity index (χ0) is 58.9. The maximum atomic E-state index is 5.58. The largest absolute Gasteiger partial charge is 0.497 e. The van der Waals surface area contributed by atoms with E-state index in [0.717, 1.165) is 125 Å². The van der Waals surface area contributed by atoms with Crippen molar-refractivity contribution in [1.82, 2.24) is 0 Å². The lowest BCUT2D eigenvalue weighted by Crippen LogP contribution is -2.10. The van der Waals surface area contributed by atoms with Crippen molar-refractivity contribution in [2.24, 2.45) is 0 Å². The van der Waals surface area contributed by atoms with Gasteiger partial charge in [0.05, 0.1) is 28.4 Å². The number of ether oxygens (including phenoxy) is 4. The first kappa shape index (κ1) is 55.6. The molecule has 0 heterocycles. The standard InChI is InChI=1S/C78H66N4O4/c1-55-7-23-63(24-8-55)79(71-39-47-75(83-3)48-40-71)65-27-11-57(12-28-65)59-15-31-67(32-16-59)81(73-43-51-77(85-5)52-44-73)69-35-19-61(20-36-69)62-21-37-70(38-22-62)82(74-45-53-78(86-6)54-46-74)68-33-17-60(18-34-68)58-13-29-66(30-14-58)80(64-25-9-56(2)10-26-64)72-41-49-76(84-4)50-42-72/h7-54H,1-6H3. The fraction of sp³-hybridized carbons (Fsp3) is 0.0769. The quantitative estimate of drug-likeness (QED) is 0.0794. The number of nitrogens with zero attached hydrogens (tertiary/aromatic N) is 4. The fourth-order valence-electron chi connectivity index (χ4n) is 10.9. The third kappa shape index (κ3) is 12.1. The molecule has 0 aromatic heterocycles. The molecule has 0 aliphatic heterocycles. The molecule has 12 aromatic carbocycles. The van der Waals surface area contributed by atoms with Crippen molar-refractivity contribution in [2.75, 3.05) is 48.0 Å². The number of rotatable bonds is 19. The fourth-order valence-corrected chi connectivity index (χ4v) is 10.9. The summed E-state index contributed by atoms with van der Waals surface area (Å²) in [5.74, 6) is 3.25. The van der Waals surface area contributed by atoms with Crippen molar-refractivity contribution in [1.29, 1.82) is 0 Å². The normalized spacial score (nSPS) is 10.9. The molecule has 0 saturated heterocycles. The third-order valence-corrected chi connectivity index (χ3v) is 15.7. The van der Waals surface area contributed by atoms with E-state index in [-0.39, 0.29) is 0 Å². The van der Waals surface area contributed by atoms with Crippen LogP contribution >= 0.6 is 0 Å². The van der Waals surface area contributed by atoms with Gasteiger partial charge in [0.2, 0.25) is 0 Å². The van der Waals surface area contributed by atoms with E-state index in [1.165, 1.54) is 11.1 Å². The van der Waals surface area contributed by atoms with E-state index in [1.54, 1.807) is 28.4 Å². The van der Waals surface area contributed by atoms with E-state index < -0.39 is 0 Å². The summed E-state index contributed by atoms with van der Waals surface area (Å²) >= 11 is 0. The van der Waals surface area contributed by atoms with Crippen molar-refractivity contribution in [2.45, 2.75) is 13.8 Å². The average molecular weight is 1120 g/mol. The average Bonchev–Trinajstić information content (AvgIpc) is 3.21. The zero-order valence-corrected chi connectivity index (χ0v) is 49.1. The van der Waals surface area contributed by atoms with Gasteiger partial charge in [0.25, 0.3) is 0 Å². The number of aryl methyl sites for hydroxylation is 2. The van der Waals surface area contributed by atoms with Gasteiger partial charge in [-0.3, -0.25) is 0 Å². The SMILES string of the molecule is COc1ccc(N(c2ccc(C)cc2)c2ccc(-c3ccc(N(c4ccc(OC)cc4)c4ccc(-c5ccc(N(c6ccc(OC)cc6)c6ccc(-c7ccc(N(c8ccc(C)cc8)c8ccc(OC)cc8)cc7)cc6)cc5)cc4)cc3)cc2)cc1. The molecule has 422 valence electrons.